The lowest BCUT2D eigenvalue weighted by atomic mass is 10.0. The molecule has 0 bridgehead atoms. The molecule has 1 N–H and O–H groups in total. The van der Waals surface area contributed by atoms with Crippen LogP contribution >= 0.6 is 11.6 Å². The van der Waals surface area contributed by atoms with Gasteiger partial charge in [-0.3, -0.25) is 0 Å². The van der Waals surface area contributed by atoms with Crippen molar-refractivity contribution >= 4 is 11.6 Å². The molecule has 1 aromatic carbocycles. The van der Waals surface area contributed by atoms with Crippen LogP contribution in [0.5, 0.6) is 0 Å². The summed E-state index contributed by atoms with van der Waals surface area (Å²) in [6.07, 6.45) is 1.72. The van der Waals surface area contributed by atoms with Crippen LogP contribution in [0.1, 0.15) is 31.4 Å². The molecular weight excluding hydrogens is 241 g/mol. The molecule has 1 aromatic rings. The average molecular weight is 260 g/mol. The first kappa shape index (κ1) is 14.4. The third-order valence-corrected chi connectivity index (χ3v) is 2.94. The lowest BCUT2D eigenvalue weighted by Gasteiger charge is -2.19. The Balaban J connectivity index is 2.77. The summed E-state index contributed by atoms with van der Waals surface area (Å²) >= 11 is 5.79. The van der Waals surface area contributed by atoms with E-state index in [0.29, 0.717) is 12.2 Å². The van der Waals surface area contributed by atoms with Crippen molar-refractivity contribution in [3.05, 3.63) is 34.6 Å². The zero-order chi connectivity index (χ0) is 12.7. The Morgan fingerprint density at radius 1 is 1.47 bits per heavy atom. The van der Waals surface area contributed by atoms with Crippen LogP contribution in [0, 0.1) is 5.82 Å². The van der Waals surface area contributed by atoms with Gasteiger partial charge in [-0.25, -0.2) is 4.39 Å². The zero-order valence-corrected chi connectivity index (χ0v) is 11.1. The summed E-state index contributed by atoms with van der Waals surface area (Å²) in [6.45, 7) is 3.49. The van der Waals surface area contributed by atoms with Gasteiger partial charge in [0.05, 0.1) is 5.02 Å². The fourth-order valence-electron chi connectivity index (χ4n) is 1.84. The number of hydrogen-bond acceptors (Lipinski definition) is 2. The highest BCUT2D eigenvalue weighted by Gasteiger charge is 2.16. The van der Waals surface area contributed by atoms with E-state index in [1.54, 1.807) is 25.3 Å². The Hall–Kier alpha value is -0.640. The molecule has 0 aliphatic heterocycles. The van der Waals surface area contributed by atoms with E-state index in [9.17, 15) is 4.39 Å². The Morgan fingerprint density at radius 3 is 2.88 bits per heavy atom. The lowest BCUT2D eigenvalue weighted by Crippen LogP contribution is -2.22. The summed E-state index contributed by atoms with van der Waals surface area (Å²) in [6, 6.07) is 5.12. The molecule has 0 aromatic heterocycles. The van der Waals surface area contributed by atoms with Crippen LogP contribution in [0.2, 0.25) is 5.02 Å². The van der Waals surface area contributed by atoms with Crippen LogP contribution in [0.15, 0.2) is 18.2 Å². The van der Waals surface area contributed by atoms with Gasteiger partial charge in [0.15, 0.2) is 0 Å². The molecule has 1 atom stereocenters. The molecule has 1 rings (SSSR count). The maximum Gasteiger partial charge on any atom is 0.146 e. The predicted molar refractivity (Wildman–Crippen MR) is 68.9 cm³/mol. The van der Waals surface area contributed by atoms with Crippen molar-refractivity contribution in [1.29, 1.82) is 0 Å². The molecule has 0 aliphatic rings. The molecule has 0 amide bonds. The molecule has 4 heteroatoms. The van der Waals surface area contributed by atoms with Gasteiger partial charge < -0.3 is 10.1 Å². The summed E-state index contributed by atoms with van der Waals surface area (Å²) < 4.78 is 18.9. The fraction of sp³-hybridized carbons (Fsp3) is 0.538. The largest absolute Gasteiger partial charge is 0.385 e. The fourth-order valence-corrected chi connectivity index (χ4v) is 2.02. The summed E-state index contributed by atoms with van der Waals surface area (Å²) in [5.41, 5.74) is 0.635. The van der Waals surface area contributed by atoms with Crippen LogP contribution < -0.4 is 5.32 Å². The Kier molecular flexibility index (Phi) is 6.48. The quantitative estimate of drug-likeness (QED) is 0.756. The molecule has 0 spiro atoms. The highest BCUT2D eigenvalue weighted by molar-refractivity contribution is 6.30. The Bertz CT molecular complexity index is 346. The van der Waals surface area contributed by atoms with Gasteiger partial charge in [-0.1, -0.05) is 30.7 Å². The third-order valence-electron chi connectivity index (χ3n) is 2.65. The molecule has 96 valence electrons. The highest BCUT2D eigenvalue weighted by Crippen LogP contribution is 2.26. The zero-order valence-electron chi connectivity index (χ0n) is 10.3. The number of nitrogens with one attached hydrogen (secondary N) is 1. The molecule has 0 aliphatic carbocycles. The van der Waals surface area contributed by atoms with Crippen molar-refractivity contribution in [1.82, 2.24) is 5.32 Å². The average Bonchev–Trinajstić information content (AvgIpc) is 2.32. The van der Waals surface area contributed by atoms with Crippen LogP contribution in [-0.4, -0.2) is 20.3 Å². The van der Waals surface area contributed by atoms with E-state index in [1.165, 1.54) is 0 Å². The molecule has 0 radical (unpaired) electrons. The van der Waals surface area contributed by atoms with Gasteiger partial charge in [0, 0.05) is 25.3 Å². The van der Waals surface area contributed by atoms with Gasteiger partial charge >= 0.3 is 0 Å². The first-order chi connectivity index (χ1) is 8.20. The van der Waals surface area contributed by atoms with Crippen molar-refractivity contribution in [3.63, 3.8) is 0 Å². The first-order valence-corrected chi connectivity index (χ1v) is 6.24. The monoisotopic (exact) mass is 259 g/mol. The SMILES string of the molecule is CCNC(CCCOC)c1cccc(Cl)c1F. The van der Waals surface area contributed by atoms with Gasteiger partial charge in [0.2, 0.25) is 0 Å². The number of ether oxygens (including phenoxy) is 1. The second-order valence-electron chi connectivity index (χ2n) is 3.89. The first-order valence-electron chi connectivity index (χ1n) is 5.87. The van der Waals surface area contributed by atoms with Gasteiger partial charge in [-0.15, -0.1) is 0 Å². The van der Waals surface area contributed by atoms with Gasteiger partial charge in [0.1, 0.15) is 5.82 Å². The molecule has 0 heterocycles. The molecule has 1 unspecified atom stereocenters. The second-order valence-corrected chi connectivity index (χ2v) is 4.30. The second kappa shape index (κ2) is 7.64. The summed E-state index contributed by atoms with van der Waals surface area (Å²) in [4.78, 5) is 0. The summed E-state index contributed by atoms with van der Waals surface area (Å²) in [7, 11) is 1.67. The number of methoxy groups -OCH3 is 1. The number of hydrogen-bond donors (Lipinski definition) is 1. The van der Waals surface area contributed by atoms with Crippen molar-refractivity contribution in [2.45, 2.75) is 25.8 Å². The van der Waals surface area contributed by atoms with Crippen LogP contribution in [-0.2, 0) is 4.74 Å². The van der Waals surface area contributed by atoms with Crippen molar-refractivity contribution < 1.29 is 9.13 Å². The van der Waals surface area contributed by atoms with E-state index in [1.807, 2.05) is 6.92 Å². The van der Waals surface area contributed by atoms with E-state index in [2.05, 4.69) is 5.32 Å². The van der Waals surface area contributed by atoms with Crippen molar-refractivity contribution in [2.24, 2.45) is 0 Å². The van der Waals surface area contributed by atoms with Crippen molar-refractivity contribution in [2.75, 3.05) is 20.3 Å². The van der Waals surface area contributed by atoms with Gasteiger partial charge in [0.25, 0.3) is 0 Å². The molecular formula is C13H19ClFNO. The molecule has 0 saturated carbocycles. The van der Waals surface area contributed by atoms with Crippen LogP contribution in [0.25, 0.3) is 0 Å². The molecule has 0 fully saturated rings. The van der Waals surface area contributed by atoms with Crippen LogP contribution in [0.3, 0.4) is 0 Å². The van der Waals surface area contributed by atoms with E-state index < -0.39 is 0 Å². The molecule has 0 saturated heterocycles. The van der Waals surface area contributed by atoms with Crippen LogP contribution in [0.4, 0.5) is 4.39 Å². The maximum atomic E-state index is 13.9. The minimum Gasteiger partial charge on any atom is -0.385 e. The lowest BCUT2D eigenvalue weighted by molar-refractivity contribution is 0.188. The summed E-state index contributed by atoms with van der Waals surface area (Å²) in [5.74, 6) is -0.322. The van der Waals surface area contributed by atoms with E-state index in [-0.39, 0.29) is 16.9 Å². The van der Waals surface area contributed by atoms with Gasteiger partial charge in [-0.2, -0.15) is 0 Å². The Labute approximate surface area is 107 Å². The van der Waals surface area contributed by atoms with E-state index in [0.717, 1.165) is 19.4 Å². The van der Waals surface area contributed by atoms with E-state index >= 15 is 0 Å². The summed E-state index contributed by atoms with van der Waals surface area (Å²) in [5, 5.41) is 3.45. The predicted octanol–water partition coefficient (Wildman–Crippen LogP) is 3.56. The van der Waals surface area contributed by atoms with E-state index in [4.69, 9.17) is 16.3 Å². The van der Waals surface area contributed by atoms with Crippen molar-refractivity contribution in [3.8, 4) is 0 Å². The minimum absolute atomic E-state index is 0.00569. The standard InChI is InChI=1S/C13H19ClFNO/c1-3-16-12(8-5-9-17-2)10-6-4-7-11(14)13(10)15/h4,6-7,12,16H,3,5,8-9H2,1-2H3. The smallest absolute Gasteiger partial charge is 0.146 e. The number of benzene rings is 1. The number of halogens is 2. The highest BCUT2D eigenvalue weighted by atomic mass is 35.5. The molecule has 17 heavy (non-hydrogen) atoms. The third kappa shape index (κ3) is 4.26. The minimum atomic E-state index is -0.322. The normalized spacial score (nSPS) is 12.7. The maximum absolute atomic E-state index is 13.9. The number of rotatable bonds is 7. The molecule has 2 nitrogen and oxygen atoms in total. The Morgan fingerprint density at radius 2 is 2.24 bits per heavy atom. The topological polar surface area (TPSA) is 21.3 Å². The van der Waals surface area contributed by atoms with Gasteiger partial charge in [-0.05, 0) is 25.5 Å².